The van der Waals surface area contributed by atoms with Gasteiger partial charge in [-0.25, -0.2) is 8.78 Å². The quantitative estimate of drug-likeness (QED) is 0.365. The van der Waals surface area contributed by atoms with Crippen molar-refractivity contribution in [1.29, 1.82) is 0 Å². The van der Waals surface area contributed by atoms with E-state index in [0.717, 1.165) is 6.21 Å². The molecule has 1 N–H and O–H groups in total. The maximum Gasteiger partial charge on any atom is 0.310 e. The van der Waals surface area contributed by atoms with E-state index in [1.165, 1.54) is 38.0 Å². The van der Waals surface area contributed by atoms with Crippen molar-refractivity contribution in [3.63, 3.8) is 0 Å². The Labute approximate surface area is 174 Å². The highest BCUT2D eigenvalue weighted by atomic mass is 79.9. The van der Waals surface area contributed by atoms with Crippen molar-refractivity contribution in [2.75, 3.05) is 26.7 Å². The van der Waals surface area contributed by atoms with Crippen LogP contribution in [0.2, 0.25) is 0 Å². The molecule has 160 valence electrons. The summed E-state index contributed by atoms with van der Waals surface area (Å²) in [6.45, 7) is 2.59. The molecule has 0 aromatic heterocycles. The second-order valence-corrected chi connectivity index (χ2v) is 8.40. The number of nitro benzene ring substituents is 1. The van der Waals surface area contributed by atoms with Crippen LogP contribution in [0.4, 0.5) is 14.5 Å². The molecule has 29 heavy (non-hydrogen) atoms. The molecule has 1 heterocycles. The van der Waals surface area contributed by atoms with Crippen LogP contribution >= 0.6 is 15.9 Å². The normalized spacial score (nSPS) is 20.0. The van der Waals surface area contributed by atoms with E-state index < -0.39 is 34.8 Å². The Hall–Kier alpha value is -2.14. The first-order chi connectivity index (χ1) is 13.4. The molecular formula is C18H22BrF2N3O5. The molecule has 0 bridgehead atoms. The molecule has 1 unspecified atom stereocenters. The Morgan fingerprint density at radius 1 is 1.55 bits per heavy atom. The van der Waals surface area contributed by atoms with E-state index in [1.54, 1.807) is 0 Å². The number of hydrogen-bond donors (Lipinski definition) is 1. The van der Waals surface area contributed by atoms with Gasteiger partial charge in [0.05, 0.1) is 40.1 Å². The largest absolute Gasteiger partial charge is 0.495 e. The van der Waals surface area contributed by atoms with Gasteiger partial charge in [0.2, 0.25) is 0 Å². The molecule has 0 saturated carbocycles. The lowest BCUT2D eigenvalue weighted by Crippen LogP contribution is -2.53. The summed E-state index contributed by atoms with van der Waals surface area (Å²) in [5.41, 5.74) is -1.38. The second-order valence-electron chi connectivity index (χ2n) is 7.55. The van der Waals surface area contributed by atoms with Crippen LogP contribution in [-0.4, -0.2) is 65.8 Å². The van der Waals surface area contributed by atoms with Gasteiger partial charge >= 0.3 is 5.97 Å². The SMILES string of the molecule is COc1cc([N+](=O)[O-])c(C=NC2CCN(CC(C)(C)C(=O)O)CC2(F)F)cc1Br. The topological polar surface area (TPSA) is 105 Å². The fraction of sp³-hybridized carbons (Fsp3) is 0.556. The molecule has 1 aliphatic rings. The second kappa shape index (κ2) is 8.70. The average molecular weight is 478 g/mol. The molecule has 0 radical (unpaired) electrons. The summed E-state index contributed by atoms with van der Waals surface area (Å²) in [7, 11) is 1.36. The first-order valence-corrected chi connectivity index (χ1v) is 9.55. The van der Waals surface area contributed by atoms with Crippen molar-refractivity contribution in [3.8, 4) is 5.75 Å². The number of hydrogen-bond acceptors (Lipinski definition) is 6. The number of carboxylic acids is 1. The highest BCUT2D eigenvalue weighted by Crippen LogP contribution is 2.34. The van der Waals surface area contributed by atoms with Crippen LogP contribution in [0.25, 0.3) is 0 Å². The number of carboxylic acid groups (broad SMARTS) is 1. The maximum atomic E-state index is 14.6. The Morgan fingerprint density at radius 2 is 2.21 bits per heavy atom. The van der Waals surface area contributed by atoms with Gasteiger partial charge in [-0.15, -0.1) is 0 Å². The summed E-state index contributed by atoms with van der Waals surface area (Å²) in [6.07, 6.45) is 1.09. The molecule has 0 amide bonds. The van der Waals surface area contributed by atoms with Crippen LogP contribution in [0.3, 0.4) is 0 Å². The van der Waals surface area contributed by atoms with Crippen molar-refractivity contribution >= 4 is 33.8 Å². The molecule has 1 aliphatic heterocycles. The minimum Gasteiger partial charge on any atom is -0.495 e. The number of carbonyl (C=O) groups is 1. The van der Waals surface area contributed by atoms with Gasteiger partial charge in [-0.2, -0.15) is 0 Å². The highest BCUT2D eigenvalue weighted by molar-refractivity contribution is 9.10. The monoisotopic (exact) mass is 477 g/mol. The summed E-state index contributed by atoms with van der Waals surface area (Å²) in [5, 5.41) is 20.5. The van der Waals surface area contributed by atoms with Gasteiger partial charge in [0.25, 0.3) is 11.6 Å². The summed E-state index contributed by atoms with van der Waals surface area (Å²) >= 11 is 3.21. The minimum atomic E-state index is -3.19. The highest BCUT2D eigenvalue weighted by Gasteiger charge is 2.46. The first-order valence-electron chi connectivity index (χ1n) is 8.76. The van der Waals surface area contributed by atoms with Crippen molar-refractivity contribution in [1.82, 2.24) is 4.90 Å². The van der Waals surface area contributed by atoms with Gasteiger partial charge < -0.3 is 9.84 Å². The van der Waals surface area contributed by atoms with E-state index in [2.05, 4.69) is 20.9 Å². The molecule has 2 rings (SSSR count). The smallest absolute Gasteiger partial charge is 0.310 e. The van der Waals surface area contributed by atoms with Crippen molar-refractivity contribution in [3.05, 3.63) is 32.3 Å². The molecular weight excluding hydrogens is 456 g/mol. The number of benzene rings is 1. The lowest BCUT2D eigenvalue weighted by Gasteiger charge is -2.39. The van der Waals surface area contributed by atoms with Crippen LogP contribution in [0.15, 0.2) is 21.6 Å². The van der Waals surface area contributed by atoms with Gasteiger partial charge in [-0.05, 0) is 42.3 Å². The molecule has 1 aromatic carbocycles. The zero-order valence-corrected chi connectivity index (χ0v) is 17.8. The Kier molecular flexibility index (Phi) is 6.94. The van der Waals surface area contributed by atoms with Gasteiger partial charge in [-0.1, -0.05) is 0 Å². The van der Waals surface area contributed by atoms with Crippen LogP contribution < -0.4 is 4.74 Å². The number of halogens is 3. The zero-order chi connectivity index (χ0) is 22.0. The van der Waals surface area contributed by atoms with E-state index in [-0.39, 0.29) is 36.5 Å². The summed E-state index contributed by atoms with van der Waals surface area (Å²) in [4.78, 5) is 27.2. The van der Waals surface area contributed by atoms with Gasteiger partial charge in [0.15, 0.2) is 0 Å². The minimum absolute atomic E-state index is 0.00429. The zero-order valence-electron chi connectivity index (χ0n) is 16.2. The van der Waals surface area contributed by atoms with Crippen LogP contribution in [0.1, 0.15) is 25.8 Å². The molecule has 1 atom stereocenters. The number of rotatable bonds is 7. The van der Waals surface area contributed by atoms with Crippen LogP contribution in [0, 0.1) is 15.5 Å². The van der Waals surface area contributed by atoms with Crippen molar-refractivity contribution < 1.29 is 28.3 Å². The van der Waals surface area contributed by atoms with E-state index >= 15 is 0 Å². The third-order valence-corrected chi connectivity index (χ3v) is 5.35. The van der Waals surface area contributed by atoms with E-state index in [0.29, 0.717) is 4.47 Å². The molecule has 1 saturated heterocycles. The maximum absolute atomic E-state index is 14.6. The van der Waals surface area contributed by atoms with E-state index in [1.807, 2.05) is 0 Å². The number of likely N-dealkylation sites (tertiary alicyclic amines) is 1. The fourth-order valence-corrected chi connectivity index (χ4v) is 3.61. The number of aliphatic imine (C=N–C) groups is 1. The summed E-state index contributed by atoms with van der Waals surface area (Å²) in [6, 6.07) is 1.23. The molecule has 1 aromatic rings. The van der Waals surface area contributed by atoms with Gasteiger partial charge in [0.1, 0.15) is 11.8 Å². The van der Waals surface area contributed by atoms with E-state index in [4.69, 9.17) is 4.74 Å². The number of nitro groups is 1. The lowest BCUT2D eigenvalue weighted by atomic mass is 9.91. The van der Waals surface area contributed by atoms with Gasteiger partial charge in [-0.3, -0.25) is 24.8 Å². The Bertz CT molecular complexity index is 832. The number of ether oxygens (including phenoxy) is 1. The van der Waals surface area contributed by atoms with Crippen molar-refractivity contribution in [2.45, 2.75) is 32.2 Å². The predicted octanol–water partition coefficient (Wildman–Crippen LogP) is 3.61. The number of alkyl halides is 2. The standard InChI is InChI=1S/C18H22BrF2N3O5/c1-17(2,16(25)26)9-23-5-4-15(18(20,21)10-23)22-8-11-6-12(19)14(29-3)7-13(11)24(27)28/h6-8,15H,4-5,9-10H2,1-3H3,(H,25,26). The summed E-state index contributed by atoms with van der Waals surface area (Å²) in [5.74, 6) is -4.01. The number of piperidine rings is 1. The molecule has 0 spiro atoms. The number of methoxy groups -OCH3 is 1. The fourth-order valence-electron chi connectivity index (χ4n) is 3.09. The molecule has 1 fully saturated rings. The lowest BCUT2D eigenvalue weighted by molar-refractivity contribution is -0.385. The third-order valence-electron chi connectivity index (χ3n) is 4.73. The molecule has 11 heteroatoms. The molecule has 0 aliphatic carbocycles. The van der Waals surface area contributed by atoms with Crippen LogP contribution in [0.5, 0.6) is 5.75 Å². The van der Waals surface area contributed by atoms with Crippen LogP contribution in [-0.2, 0) is 4.79 Å². The summed E-state index contributed by atoms with van der Waals surface area (Å²) < 4.78 is 34.6. The Morgan fingerprint density at radius 3 is 2.72 bits per heavy atom. The Balaban J connectivity index is 2.19. The third kappa shape index (κ3) is 5.47. The average Bonchev–Trinajstić information content (AvgIpc) is 2.59. The predicted molar refractivity (Wildman–Crippen MR) is 106 cm³/mol. The number of nitrogens with zero attached hydrogens (tertiary/aromatic N) is 3. The number of aliphatic carboxylic acids is 1. The first kappa shape index (κ1) is 23.1. The van der Waals surface area contributed by atoms with Gasteiger partial charge in [0, 0.05) is 19.3 Å². The van der Waals surface area contributed by atoms with Crippen molar-refractivity contribution in [2.24, 2.45) is 10.4 Å². The van der Waals surface area contributed by atoms with E-state index in [9.17, 15) is 28.8 Å². The molecule has 8 nitrogen and oxygen atoms in total.